The van der Waals surface area contributed by atoms with Crippen molar-refractivity contribution < 1.29 is 4.79 Å². The summed E-state index contributed by atoms with van der Waals surface area (Å²) in [6.07, 6.45) is 0. The highest BCUT2D eigenvalue weighted by molar-refractivity contribution is 7.08. The number of hydrogen-bond acceptors (Lipinski definition) is 3. The number of nitrogens with zero attached hydrogens (tertiary/aromatic N) is 2. The van der Waals surface area contributed by atoms with Crippen molar-refractivity contribution in [3.05, 3.63) is 28.6 Å². The van der Waals surface area contributed by atoms with Gasteiger partial charge < -0.3 is 5.32 Å². The standard InChI is InChI=1S/C13H17N3OS/c1-4-16-12(10-5-6-18-8-10)7-11(15-16)13(17)14-9(2)3/h5-9H,4H2,1-3H3,(H,14,17). The first-order chi connectivity index (χ1) is 8.61. The van der Waals surface area contributed by atoms with Gasteiger partial charge in [-0.3, -0.25) is 9.48 Å². The summed E-state index contributed by atoms with van der Waals surface area (Å²) >= 11 is 1.64. The Morgan fingerprint density at radius 3 is 2.89 bits per heavy atom. The van der Waals surface area contributed by atoms with E-state index in [1.54, 1.807) is 11.3 Å². The van der Waals surface area contributed by atoms with Crippen LogP contribution in [0.1, 0.15) is 31.3 Å². The van der Waals surface area contributed by atoms with Gasteiger partial charge in [-0.1, -0.05) is 0 Å². The molecular formula is C13H17N3OS. The average molecular weight is 263 g/mol. The predicted octanol–water partition coefficient (Wildman–Crippen LogP) is 2.77. The summed E-state index contributed by atoms with van der Waals surface area (Å²) in [5.41, 5.74) is 2.58. The van der Waals surface area contributed by atoms with Crippen LogP contribution in [0.5, 0.6) is 0 Å². The number of aromatic nitrogens is 2. The summed E-state index contributed by atoms with van der Waals surface area (Å²) in [5.74, 6) is -0.117. The van der Waals surface area contributed by atoms with Gasteiger partial charge in [0, 0.05) is 23.5 Å². The first kappa shape index (κ1) is 12.8. The van der Waals surface area contributed by atoms with Crippen molar-refractivity contribution in [2.45, 2.75) is 33.4 Å². The molecule has 18 heavy (non-hydrogen) atoms. The van der Waals surface area contributed by atoms with Gasteiger partial charge >= 0.3 is 0 Å². The van der Waals surface area contributed by atoms with Crippen LogP contribution < -0.4 is 5.32 Å². The van der Waals surface area contributed by atoms with E-state index in [2.05, 4.69) is 15.8 Å². The first-order valence-electron chi connectivity index (χ1n) is 6.03. The van der Waals surface area contributed by atoms with Crippen molar-refractivity contribution in [2.24, 2.45) is 0 Å². The van der Waals surface area contributed by atoms with Gasteiger partial charge in [-0.25, -0.2) is 0 Å². The van der Waals surface area contributed by atoms with Crippen LogP contribution in [0.25, 0.3) is 11.3 Å². The van der Waals surface area contributed by atoms with Crippen molar-refractivity contribution >= 4 is 17.2 Å². The molecule has 5 heteroatoms. The number of thiophene rings is 1. The largest absolute Gasteiger partial charge is 0.348 e. The number of nitrogens with one attached hydrogen (secondary N) is 1. The summed E-state index contributed by atoms with van der Waals surface area (Å²) in [4.78, 5) is 11.9. The van der Waals surface area contributed by atoms with Crippen LogP contribution in [0.3, 0.4) is 0 Å². The van der Waals surface area contributed by atoms with Crippen LogP contribution in [-0.2, 0) is 6.54 Å². The summed E-state index contributed by atoms with van der Waals surface area (Å²) in [7, 11) is 0. The van der Waals surface area contributed by atoms with E-state index < -0.39 is 0 Å². The smallest absolute Gasteiger partial charge is 0.271 e. The summed E-state index contributed by atoms with van der Waals surface area (Å²) in [5, 5.41) is 11.3. The van der Waals surface area contributed by atoms with Crippen molar-refractivity contribution in [3.63, 3.8) is 0 Å². The van der Waals surface area contributed by atoms with Crippen molar-refractivity contribution in [1.29, 1.82) is 0 Å². The van der Waals surface area contributed by atoms with Crippen LogP contribution in [0.2, 0.25) is 0 Å². The molecule has 2 rings (SSSR count). The molecule has 0 atom stereocenters. The molecule has 0 saturated heterocycles. The molecule has 0 radical (unpaired) electrons. The molecule has 0 aliphatic carbocycles. The quantitative estimate of drug-likeness (QED) is 0.922. The molecule has 4 nitrogen and oxygen atoms in total. The molecule has 96 valence electrons. The van der Waals surface area contributed by atoms with Crippen LogP contribution in [-0.4, -0.2) is 21.7 Å². The van der Waals surface area contributed by atoms with Gasteiger partial charge in [0.15, 0.2) is 5.69 Å². The number of amides is 1. The Labute approximate surface area is 111 Å². The van der Waals surface area contributed by atoms with Crippen molar-refractivity contribution in [3.8, 4) is 11.3 Å². The summed E-state index contributed by atoms with van der Waals surface area (Å²) in [6.45, 7) is 6.65. The highest BCUT2D eigenvalue weighted by Gasteiger charge is 2.15. The topological polar surface area (TPSA) is 46.9 Å². The first-order valence-corrected chi connectivity index (χ1v) is 6.97. The fourth-order valence-electron chi connectivity index (χ4n) is 1.75. The average Bonchev–Trinajstić information content (AvgIpc) is 2.96. The molecule has 0 aromatic carbocycles. The molecule has 0 fully saturated rings. The zero-order valence-corrected chi connectivity index (χ0v) is 11.6. The number of hydrogen-bond donors (Lipinski definition) is 1. The molecule has 0 aliphatic rings. The van der Waals surface area contributed by atoms with Gasteiger partial charge in [0.05, 0.1) is 5.69 Å². The van der Waals surface area contributed by atoms with E-state index in [0.717, 1.165) is 17.8 Å². The van der Waals surface area contributed by atoms with Gasteiger partial charge in [-0.15, -0.1) is 0 Å². The minimum absolute atomic E-state index is 0.117. The van der Waals surface area contributed by atoms with Crippen molar-refractivity contribution in [2.75, 3.05) is 0 Å². The van der Waals surface area contributed by atoms with Gasteiger partial charge in [0.25, 0.3) is 5.91 Å². The SMILES string of the molecule is CCn1nc(C(=O)NC(C)C)cc1-c1ccsc1. The van der Waals surface area contributed by atoms with Crippen molar-refractivity contribution in [1.82, 2.24) is 15.1 Å². The lowest BCUT2D eigenvalue weighted by Gasteiger charge is -2.05. The Morgan fingerprint density at radius 1 is 1.56 bits per heavy atom. The van der Waals surface area contributed by atoms with Crippen LogP contribution in [0.4, 0.5) is 0 Å². The third kappa shape index (κ3) is 2.61. The van der Waals surface area contributed by atoms with E-state index >= 15 is 0 Å². The molecule has 2 aromatic rings. The molecule has 0 spiro atoms. The Morgan fingerprint density at radius 2 is 2.33 bits per heavy atom. The van der Waals surface area contributed by atoms with E-state index in [-0.39, 0.29) is 11.9 Å². The highest BCUT2D eigenvalue weighted by atomic mass is 32.1. The van der Waals surface area contributed by atoms with Crippen LogP contribution in [0.15, 0.2) is 22.9 Å². The zero-order chi connectivity index (χ0) is 13.1. The molecule has 1 N–H and O–H groups in total. The highest BCUT2D eigenvalue weighted by Crippen LogP contribution is 2.23. The lowest BCUT2D eigenvalue weighted by molar-refractivity contribution is 0.0937. The second kappa shape index (κ2) is 5.35. The van der Waals surface area contributed by atoms with Gasteiger partial charge in [0.1, 0.15) is 0 Å². The second-order valence-electron chi connectivity index (χ2n) is 4.37. The third-order valence-electron chi connectivity index (χ3n) is 2.55. The lowest BCUT2D eigenvalue weighted by atomic mass is 10.2. The Kier molecular flexibility index (Phi) is 3.81. The minimum atomic E-state index is -0.117. The van der Waals surface area contributed by atoms with E-state index in [1.165, 1.54) is 0 Å². The monoisotopic (exact) mass is 263 g/mol. The number of rotatable bonds is 4. The van der Waals surface area contributed by atoms with Gasteiger partial charge in [-0.05, 0) is 38.3 Å². The molecule has 2 heterocycles. The molecule has 1 amide bonds. The minimum Gasteiger partial charge on any atom is -0.348 e. The predicted molar refractivity (Wildman–Crippen MR) is 73.8 cm³/mol. The molecule has 0 aliphatic heterocycles. The molecular weight excluding hydrogens is 246 g/mol. The van der Waals surface area contributed by atoms with Crippen LogP contribution in [0, 0.1) is 0 Å². The maximum absolute atomic E-state index is 11.9. The third-order valence-corrected chi connectivity index (χ3v) is 3.23. The van der Waals surface area contributed by atoms with Crippen LogP contribution >= 0.6 is 11.3 Å². The normalized spacial score (nSPS) is 10.9. The van der Waals surface area contributed by atoms with E-state index in [4.69, 9.17) is 0 Å². The number of carbonyl (C=O) groups is 1. The fourth-order valence-corrected chi connectivity index (χ4v) is 2.40. The molecule has 0 saturated carbocycles. The Hall–Kier alpha value is -1.62. The Balaban J connectivity index is 2.32. The fraction of sp³-hybridized carbons (Fsp3) is 0.385. The Bertz CT molecular complexity index is 528. The maximum Gasteiger partial charge on any atom is 0.271 e. The second-order valence-corrected chi connectivity index (χ2v) is 5.15. The van der Waals surface area contributed by atoms with Gasteiger partial charge in [-0.2, -0.15) is 16.4 Å². The molecule has 0 bridgehead atoms. The zero-order valence-electron chi connectivity index (χ0n) is 10.8. The lowest BCUT2D eigenvalue weighted by Crippen LogP contribution is -2.30. The van der Waals surface area contributed by atoms with Gasteiger partial charge in [0.2, 0.25) is 0 Å². The number of aryl methyl sites for hydroxylation is 1. The summed E-state index contributed by atoms with van der Waals surface area (Å²) < 4.78 is 1.86. The van der Waals surface area contributed by atoms with E-state index in [1.807, 2.05) is 43.0 Å². The number of carbonyl (C=O) groups excluding carboxylic acids is 1. The molecule has 2 aromatic heterocycles. The maximum atomic E-state index is 11.9. The van der Waals surface area contributed by atoms with E-state index in [9.17, 15) is 4.79 Å². The van der Waals surface area contributed by atoms with E-state index in [0.29, 0.717) is 5.69 Å². The summed E-state index contributed by atoms with van der Waals surface area (Å²) in [6, 6.07) is 4.01. The molecule has 0 unspecified atom stereocenters.